The molecule has 102 valence electrons. The van der Waals surface area contributed by atoms with E-state index in [1.165, 1.54) is 0 Å². The number of nitrogens with one attached hydrogen (secondary N) is 1. The van der Waals surface area contributed by atoms with Crippen LogP contribution < -0.4 is 0 Å². The summed E-state index contributed by atoms with van der Waals surface area (Å²) < 4.78 is 5.46. The number of fused-ring (bicyclic) bond motifs is 1. The summed E-state index contributed by atoms with van der Waals surface area (Å²) in [5.41, 5.74) is 1.33. The zero-order valence-corrected chi connectivity index (χ0v) is 11.7. The Kier molecular flexibility index (Phi) is 3.28. The van der Waals surface area contributed by atoms with Gasteiger partial charge in [-0.05, 0) is 25.1 Å². The SMILES string of the molecule is Cc1oc(CSc2cc3ccccc3[nH]2)cc1C(=O)O. The highest BCUT2D eigenvalue weighted by Crippen LogP contribution is 2.27. The number of H-pyrrole nitrogens is 1. The van der Waals surface area contributed by atoms with Gasteiger partial charge >= 0.3 is 5.97 Å². The van der Waals surface area contributed by atoms with Crippen molar-refractivity contribution in [1.82, 2.24) is 4.98 Å². The number of carbonyl (C=O) groups is 1. The van der Waals surface area contributed by atoms with E-state index in [2.05, 4.69) is 17.1 Å². The third-order valence-electron chi connectivity index (χ3n) is 3.07. The lowest BCUT2D eigenvalue weighted by Crippen LogP contribution is -1.94. The van der Waals surface area contributed by atoms with Gasteiger partial charge < -0.3 is 14.5 Å². The highest BCUT2D eigenvalue weighted by Gasteiger charge is 2.14. The smallest absolute Gasteiger partial charge is 0.339 e. The van der Waals surface area contributed by atoms with Gasteiger partial charge in [0.15, 0.2) is 0 Å². The summed E-state index contributed by atoms with van der Waals surface area (Å²) in [7, 11) is 0. The Labute approximate surface area is 119 Å². The second kappa shape index (κ2) is 5.09. The van der Waals surface area contributed by atoms with Crippen LogP contribution in [0.25, 0.3) is 10.9 Å². The molecule has 0 spiro atoms. The van der Waals surface area contributed by atoms with Crippen LogP contribution in [0.2, 0.25) is 0 Å². The zero-order chi connectivity index (χ0) is 14.1. The Hall–Kier alpha value is -2.14. The van der Waals surface area contributed by atoms with Crippen LogP contribution in [-0.4, -0.2) is 16.1 Å². The van der Waals surface area contributed by atoms with E-state index in [9.17, 15) is 4.79 Å². The van der Waals surface area contributed by atoms with Gasteiger partial charge in [-0.2, -0.15) is 0 Å². The van der Waals surface area contributed by atoms with Crippen molar-refractivity contribution >= 4 is 28.6 Å². The fraction of sp³-hybridized carbons (Fsp3) is 0.133. The Morgan fingerprint density at radius 2 is 2.15 bits per heavy atom. The van der Waals surface area contributed by atoms with Crippen molar-refractivity contribution in [3.63, 3.8) is 0 Å². The number of benzene rings is 1. The fourth-order valence-corrected chi connectivity index (χ4v) is 2.93. The van der Waals surface area contributed by atoms with Gasteiger partial charge in [0.25, 0.3) is 0 Å². The molecule has 0 amide bonds. The zero-order valence-electron chi connectivity index (χ0n) is 10.8. The first-order chi connectivity index (χ1) is 9.63. The second-order valence-electron chi connectivity index (χ2n) is 4.50. The number of thioether (sulfide) groups is 1. The summed E-state index contributed by atoms with van der Waals surface area (Å²) in [6, 6.07) is 11.7. The minimum Gasteiger partial charge on any atom is -0.478 e. The summed E-state index contributed by atoms with van der Waals surface area (Å²) in [5.74, 6) is 0.766. The van der Waals surface area contributed by atoms with Crippen LogP contribution in [0.15, 0.2) is 45.8 Å². The number of carboxylic acid groups (broad SMARTS) is 1. The largest absolute Gasteiger partial charge is 0.478 e. The molecule has 0 unspecified atom stereocenters. The van der Waals surface area contributed by atoms with Gasteiger partial charge in [0.1, 0.15) is 17.1 Å². The van der Waals surface area contributed by atoms with E-state index in [-0.39, 0.29) is 5.56 Å². The molecule has 0 aliphatic rings. The van der Waals surface area contributed by atoms with E-state index in [0.717, 1.165) is 15.9 Å². The van der Waals surface area contributed by atoms with Crippen LogP contribution in [0, 0.1) is 6.92 Å². The molecule has 0 bridgehead atoms. The van der Waals surface area contributed by atoms with Gasteiger partial charge in [-0.15, -0.1) is 11.8 Å². The minimum atomic E-state index is -0.951. The summed E-state index contributed by atoms with van der Waals surface area (Å²) in [6.45, 7) is 1.67. The van der Waals surface area contributed by atoms with E-state index in [0.29, 0.717) is 17.3 Å². The molecule has 3 rings (SSSR count). The van der Waals surface area contributed by atoms with Crippen molar-refractivity contribution in [1.29, 1.82) is 0 Å². The molecule has 1 aromatic carbocycles. The summed E-state index contributed by atoms with van der Waals surface area (Å²) in [4.78, 5) is 14.3. The van der Waals surface area contributed by atoms with Crippen molar-refractivity contribution < 1.29 is 14.3 Å². The lowest BCUT2D eigenvalue weighted by Gasteiger charge is -1.94. The van der Waals surface area contributed by atoms with Crippen molar-refractivity contribution in [2.75, 3.05) is 0 Å². The minimum absolute atomic E-state index is 0.234. The van der Waals surface area contributed by atoms with Gasteiger partial charge in [-0.25, -0.2) is 4.79 Å². The highest BCUT2D eigenvalue weighted by atomic mass is 32.2. The molecule has 20 heavy (non-hydrogen) atoms. The molecule has 2 heterocycles. The monoisotopic (exact) mass is 287 g/mol. The topological polar surface area (TPSA) is 66.2 Å². The Morgan fingerprint density at radius 1 is 1.35 bits per heavy atom. The molecule has 0 fully saturated rings. The van der Waals surface area contributed by atoms with Crippen LogP contribution in [0.5, 0.6) is 0 Å². The number of aromatic nitrogens is 1. The van der Waals surface area contributed by atoms with Gasteiger partial charge in [0, 0.05) is 10.9 Å². The van der Waals surface area contributed by atoms with E-state index < -0.39 is 5.97 Å². The number of aryl methyl sites for hydroxylation is 1. The maximum atomic E-state index is 11.0. The van der Waals surface area contributed by atoms with Crippen molar-refractivity contribution in [3.05, 3.63) is 53.5 Å². The molecule has 0 saturated carbocycles. The average Bonchev–Trinajstić information content (AvgIpc) is 2.99. The number of furan rings is 1. The van der Waals surface area contributed by atoms with Gasteiger partial charge in [-0.1, -0.05) is 18.2 Å². The quantitative estimate of drug-likeness (QED) is 0.710. The maximum Gasteiger partial charge on any atom is 0.339 e. The van der Waals surface area contributed by atoms with E-state index >= 15 is 0 Å². The Morgan fingerprint density at radius 3 is 2.85 bits per heavy atom. The first kappa shape index (κ1) is 12.9. The standard InChI is InChI=1S/C15H13NO3S/c1-9-12(15(17)18)7-11(19-9)8-20-14-6-10-4-2-3-5-13(10)16-14/h2-7,16H,8H2,1H3,(H,17,18). The molecule has 0 radical (unpaired) electrons. The number of para-hydroxylation sites is 1. The van der Waals surface area contributed by atoms with Crippen LogP contribution in [-0.2, 0) is 5.75 Å². The van der Waals surface area contributed by atoms with E-state index in [1.807, 2.05) is 18.2 Å². The second-order valence-corrected chi connectivity index (χ2v) is 5.51. The number of rotatable bonds is 4. The molecule has 3 aromatic rings. The van der Waals surface area contributed by atoms with Crippen LogP contribution in [0.3, 0.4) is 0 Å². The lowest BCUT2D eigenvalue weighted by atomic mass is 10.2. The summed E-state index contributed by atoms with van der Waals surface area (Å²) >= 11 is 1.59. The molecular formula is C15H13NO3S. The fourth-order valence-electron chi connectivity index (χ4n) is 2.10. The normalized spacial score (nSPS) is 11.1. The molecule has 5 heteroatoms. The molecular weight excluding hydrogens is 274 g/mol. The molecule has 0 atom stereocenters. The maximum absolute atomic E-state index is 11.0. The molecule has 4 nitrogen and oxygen atoms in total. The van der Waals surface area contributed by atoms with Crippen molar-refractivity contribution in [3.8, 4) is 0 Å². The highest BCUT2D eigenvalue weighted by molar-refractivity contribution is 7.98. The number of carboxylic acids is 1. The summed E-state index contributed by atoms with van der Waals surface area (Å²) in [5, 5.41) is 11.2. The number of aromatic amines is 1. The predicted molar refractivity (Wildman–Crippen MR) is 78.3 cm³/mol. The third kappa shape index (κ3) is 2.44. The van der Waals surface area contributed by atoms with Crippen molar-refractivity contribution in [2.24, 2.45) is 0 Å². The average molecular weight is 287 g/mol. The molecule has 2 N–H and O–H groups in total. The van der Waals surface area contributed by atoms with Crippen LogP contribution >= 0.6 is 11.8 Å². The summed E-state index contributed by atoms with van der Waals surface area (Å²) in [6.07, 6.45) is 0. The van der Waals surface area contributed by atoms with Crippen molar-refractivity contribution in [2.45, 2.75) is 17.7 Å². The van der Waals surface area contributed by atoms with Crippen LogP contribution in [0.1, 0.15) is 21.9 Å². The lowest BCUT2D eigenvalue weighted by molar-refractivity contribution is 0.0695. The van der Waals surface area contributed by atoms with Crippen LogP contribution in [0.4, 0.5) is 0 Å². The Balaban J connectivity index is 1.76. The molecule has 0 aliphatic heterocycles. The number of hydrogen-bond acceptors (Lipinski definition) is 3. The number of aromatic carboxylic acids is 1. The van der Waals surface area contributed by atoms with E-state index in [1.54, 1.807) is 24.8 Å². The first-order valence-electron chi connectivity index (χ1n) is 6.16. The Bertz CT molecular complexity index is 739. The van der Waals surface area contributed by atoms with E-state index in [4.69, 9.17) is 9.52 Å². The molecule has 2 aromatic heterocycles. The number of hydrogen-bond donors (Lipinski definition) is 2. The van der Waals surface area contributed by atoms with Gasteiger partial charge in [0.05, 0.1) is 10.8 Å². The molecule has 0 saturated heterocycles. The predicted octanol–water partition coefficient (Wildman–Crippen LogP) is 4.06. The third-order valence-corrected chi connectivity index (χ3v) is 4.03. The first-order valence-corrected chi connectivity index (χ1v) is 7.15. The molecule has 0 aliphatic carbocycles. The van der Waals surface area contributed by atoms with Gasteiger partial charge in [-0.3, -0.25) is 0 Å². The van der Waals surface area contributed by atoms with Gasteiger partial charge in [0.2, 0.25) is 0 Å².